The fourth-order valence-electron chi connectivity index (χ4n) is 4.94. The Bertz CT molecular complexity index is 1130. The summed E-state index contributed by atoms with van der Waals surface area (Å²) < 4.78 is 42.1. The van der Waals surface area contributed by atoms with Gasteiger partial charge in [0.05, 0.1) is 18.2 Å². The van der Waals surface area contributed by atoms with Crippen molar-refractivity contribution in [2.45, 2.75) is 64.1 Å². The lowest BCUT2D eigenvalue weighted by molar-refractivity contribution is -0.138. The van der Waals surface area contributed by atoms with Crippen LogP contribution in [0.15, 0.2) is 53.5 Å². The van der Waals surface area contributed by atoms with Crippen molar-refractivity contribution in [2.75, 3.05) is 13.1 Å². The summed E-state index contributed by atoms with van der Waals surface area (Å²) in [5, 5.41) is 11.0. The lowest BCUT2D eigenvalue weighted by Gasteiger charge is -2.29. The van der Waals surface area contributed by atoms with Gasteiger partial charge in [-0.1, -0.05) is 49.7 Å². The van der Waals surface area contributed by atoms with Crippen molar-refractivity contribution in [1.29, 1.82) is 5.41 Å². The molecule has 0 amide bonds. The number of alkyl halides is 3. The number of halogens is 3. The molecule has 2 aromatic carbocycles. The molecule has 8 heteroatoms. The van der Waals surface area contributed by atoms with Crippen LogP contribution in [-0.2, 0) is 25.4 Å². The predicted molar refractivity (Wildman–Crippen MR) is 139 cm³/mol. The van der Waals surface area contributed by atoms with E-state index in [0.29, 0.717) is 48.6 Å². The van der Waals surface area contributed by atoms with E-state index >= 15 is 0 Å². The molecule has 1 fully saturated rings. The van der Waals surface area contributed by atoms with E-state index in [2.05, 4.69) is 29.4 Å². The van der Waals surface area contributed by atoms with Crippen molar-refractivity contribution in [3.05, 3.63) is 76.4 Å². The average Bonchev–Trinajstić information content (AvgIpc) is 3.37. The smallest absolute Gasteiger partial charge is 0.370 e. The summed E-state index contributed by atoms with van der Waals surface area (Å²) in [4.78, 5) is 6.28. The molecule has 4 N–H and O–H groups in total. The molecule has 0 aromatic heterocycles. The van der Waals surface area contributed by atoms with Crippen LogP contribution < -0.4 is 11.1 Å². The van der Waals surface area contributed by atoms with E-state index in [1.165, 1.54) is 11.6 Å². The highest BCUT2D eigenvalue weighted by molar-refractivity contribution is 5.98. The van der Waals surface area contributed by atoms with Crippen molar-refractivity contribution in [2.24, 2.45) is 10.7 Å². The second kappa shape index (κ2) is 11.2. The monoisotopic (exact) mass is 497 g/mol. The summed E-state index contributed by atoms with van der Waals surface area (Å²) in [6.07, 6.45) is 3.20. The van der Waals surface area contributed by atoms with Crippen LogP contribution in [0.3, 0.4) is 0 Å². The highest BCUT2D eigenvalue weighted by atomic mass is 19.4. The fourth-order valence-corrected chi connectivity index (χ4v) is 4.94. The van der Waals surface area contributed by atoms with Gasteiger partial charge in [0.15, 0.2) is 5.96 Å². The zero-order chi connectivity index (χ0) is 25.7. The van der Waals surface area contributed by atoms with E-state index in [9.17, 15) is 13.2 Å². The first kappa shape index (κ1) is 25.8. The van der Waals surface area contributed by atoms with Gasteiger partial charge in [-0.05, 0) is 72.9 Å². The minimum Gasteiger partial charge on any atom is -0.370 e. The molecule has 0 aliphatic carbocycles. The molecule has 0 saturated carbocycles. The first-order valence-electron chi connectivity index (χ1n) is 12.7. The van der Waals surface area contributed by atoms with Crippen LogP contribution in [0.4, 0.5) is 13.2 Å². The van der Waals surface area contributed by atoms with Crippen LogP contribution >= 0.6 is 0 Å². The Hall–Kier alpha value is -3.29. The van der Waals surface area contributed by atoms with E-state index in [-0.39, 0.29) is 12.0 Å². The number of nitrogens with one attached hydrogen (secondary N) is 2. The van der Waals surface area contributed by atoms with Gasteiger partial charge < -0.3 is 16.0 Å². The van der Waals surface area contributed by atoms with Gasteiger partial charge in [0.25, 0.3) is 0 Å². The third-order valence-corrected chi connectivity index (χ3v) is 6.95. The van der Waals surface area contributed by atoms with Crippen molar-refractivity contribution in [3.8, 4) is 0 Å². The average molecular weight is 498 g/mol. The van der Waals surface area contributed by atoms with Crippen LogP contribution in [0.2, 0.25) is 0 Å². The van der Waals surface area contributed by atoms with Crippen molar-refractivity contribution in [1.82, 2.24) is 10.2 Å². The number of hydrogen-bond acceptors (Lipinski definition) is 3. The van der Waals surface area contributed by atoms with Gasteiger partial charge in [0.1, 0.15) is 5.84 Å². The van der Waals surface area contributed by atoms with Gasteiger partial charge in [0.2, 0.25) is 0 Å². The summed E-state index contributed by atoms with van der Waals surface area (Å²) >= 11 is 0. The molecule has 0 radical (unpaired) electrons. The Kier molecular flexibility index (Phi) is 8.01. The Morgan fingerprint density at radius 3 is 2.50 bits per heavy atom. The van der Waals surface area contributed by atoms with Gasteiger partial charge in [-0.2, -0.15) is 13.2 Å². The molecule has 36 heavy (non-hydrogen) atoms. The Balaban J connectivity index is 1.48. The molecule has 5 nitrogen and oxygen atoms in total. The zero-order valence-electron chi connectivity index (χ0n) is 20.7. The van der Waals surface area contributed by atoms with Crippen LogP contribution in [0.25, 0.3) is 5.70 Å². The van der Waals surface area contributed by atoms with Crippen LogP contribution in [0, 0.1) is 5.41 Å². The van der Waals surface area contributed by atoms with Gasteiger partial charge in [-0.15, -0.1) is 0 Å². The third kappa shape index (κ3) is 6.09. The maximum Gasteiger partial charge on any atom is 0.416 e. The first-order valence-corrected chi connectivity index (χ1v) is 12.7. The largest absolute Gasteiger partial charge is 0.416 e. The number of nitrogens with zero attached hydrogens (tertiary/aromatic N) is 2. The fraction of sp³-hybridized carbons (Fsp3) is 0.429. The maximum atomic E-state index is 14.0. The summed E-state index contributed by atoms with van der Waals surface area (Å²) in [6.45, 7) is 3.20. The molecular formula is C28H34F3N5. The molecule has 2 aromatic rings. The van der Waals surface area contributed by atoms with Crippen molar-refractivity contribution >= 4 is 17.5 Å². The second-order valence-corrected chi connectivity index (χ2v) is 9.50. The normalized spacial score (nSPS) is 18.0. The molecule has 2 aliphatic rings. The van der Waals surface area contributed by atoms with Crippen molar-refractivity contribution < 1.29 is 13.2 Å². The van der Waals surface area contributed by atoms with Gasteiger partial charge >= 0.3 is 6.18 Å². The van der Waals surface area contributed by atoms with E-state index in [4.69, 9.17) is 11.1 Å². The number of unbranched alkanes of at least 4 members (excludes halogenated alkanes) is 1. The molecule has 0 spiro atoms. The highest BCUT2D eigenvalue weighted by Gasteiger charge is 2.35. The van der Waals surface area contributed by atoms with Crippen LogP contribution in [0.5, 0.6) is 0 Å². The van der Waals surface area contributed by atoms with Gasteiger partial charge in [-0.3, -0.25) is 10.4 Å². The minimum absolute atomic E-state index is 0.0163. The standard InChI is InChI=1S/C28H34F3N5/c1-2-3-5-19-7-9-20(10-8-19)11-12-21-13-14-22(18-23(21)28(29,30)31)24-15-16-34-26(35-24)25-6-4-17-36(25)27(32)33/h7-10,13-15,18,25H,2-6,11-12,16-17H2,1H3,(H3,32,33)(H,34,35). The number of hydrogen-bond donors (Lipinski definition) is 3. The molecule has 4 rings (SSSR count). The molecule has 2 aliphatic heterocycles. The molecule has 1 unspecified atom stereocenters. The number of nitrogens with two attached hydrogens (primary N) is 1. The molecule has 192 valence electrons. The quantitative estimate of drug-likeness (QED) is 0.331. The van der Waals surface area contributed by atoms with E-state index < -0.39 is 11.7 Å². The van der Waals surface area contributed by atoms with Gasteiger partial charge in [-0.25, -0.2) is 0 Å². The van der Waals surface area contributed by atoms with E-state index in [1.54, 1.807) is 23.1 Å². The third-order valence-electron chi connectivity index (χ3n) is 6.95. The summed E-state index contributed by atoms with van der Waals surface area (Å²) in [5.74, 6) is 0.637. The minimum atomic E-state index is -4.45. The molecular weight excluding hydrogens is 463 g/mol. The second-order valence-electron chi connectivity index (χ2n) is 9.50. The topological polar surface area (TPSA) is 77.5 Å². The number of likely N-dealkylation sites (tertiary alicyclic amines) is 1. The Morgan fingerprint density at radius 1 is 1.11 bits per heavy atom. The van der Waals surface area contributed by atoms with Crippen molar-refractivity contribution in [3.63, 3.8) is 0 Å². The number of aliphatic imine (C=N–C) groups is 1. The SMILES string of the molecule is CCCCc1ccc(CCc2ccc(C3=CCN=C(C4CCCN4C(=N)N)N3)cc2C(F)(F)F)cc1. The van der Waals surface area contributed by atoms with Crippen LogP contribution in [0.1, 0.15) is 60.4 Å². The predicted octanol–water partition coefficient (Wildman–Crippen LogP) is 5.53. The van der Waals surface area contributed by atoms with Gasteiger partial charge in [0, 0.05) is 12.2 Å². The zero-order valence-corrected chi connectivity index (χ0v) is 20.7. The first-order chi connectivity index (χ1) is 17.3. The lowest BCUT2D eigenvalue weighted by atomic mass is 9.95. The van der Waals surface area contributed by atoms with E-state index in [0.717, 1.165) is 37.7 Å². The number of amidine groups is 1. The summed E-state index contributed by atoms with van der Waals surface area (Å²) in [7, 11) is 0. The van der Waals surface area contributed by atoms with E-state index in [1.807, 2.05) is 12.1 Å². The number of aryl methyl sites for hydroxylation is 3. The summed E-state index contributed by atoms with van der Waals surface area (Å²) in [5.41, 5.74) is 8.79. The highest BCUT2D eigenvalue weighted by Crippen LogP contribution is 2.35. The summed E-state index contributed by atoms with van der Waals surface area (Å²) in [6, 6.07) is 12.6. The number of rotatable bonds is 8. The maximum absolute atomic E-state index is 14.0. The molecule has 0 bridgehead atoms. The number of benzene rings is 2. The molecule has 1 atom stereocenters. The molecule has 1 saturated heterocycles. The molecule has 2 heterocycles. The Morgan fingerprint density at radius 2 is 1.83 bits per heavy atom. The van der Waals surface area contributed by atoms with Crippen LogP contribution in [-0.4, -0.2) is 35.8 Å². The Labute approximate surface area is 210 Å². The lowest BCUT2D eigenvalue weighted by Crippen LogP contribution is -2.48. The number of guanidine groups is 1.